The molecule has 25 heavy (non-hydrogen) atoms. The highest BCUT2D eigenvalue weighted by Crippen LogP contribution is 2.36. The maximum Gasteiger partial charge on any atom is 0.336 e. The summed E-state index contributed by atoms with van der Waals surface area (Å²) in [4.78, 5) is 14.1. The average Bonchev–Trinajstić information content (AvgIpc) is 2.62. The SMILES string of the molecule is CC(C)[C@]1(C(=O)O)CC[C@@H](N2CCC(c3ccc(F)cc3)CC2)CO1. The van der Waals surface area contributed by atoms with Crippen molar-refractivity contribution in [2.24, 2.45) is 5.92 Å². The van der Waals surface area contributed by atoms with Gasteiger partial charge in [-0.25, -0.2) is 9.18 Å². The molecule has 5 heteroatoms. The Morgan fingerprint density at radius 1 is 1.24 bits per heavy atom. The van der Waals surface area contributed by atoms with Crippen LogP contribution in [0.4, 0.5) is 4.39 Å². The highest BCUT2D eigenvalue weighted by atomic mass is 19.1. The highest BCUT2D eigenvalue weighted by Gasteiger charge is 2.47. The van der Waals surface area contributed by atoms with Crippen molar-refractivity contribution in [1.29, 1.82) is 0 Å². The molecule has 0 amide bonds. The minimum absolute atomic E-state index is 0.0323. The van der Waals surface area contributed by atoms with Crippen LogP contribution in [0, 0.1) is 11.7 Å². The number of rotatable bonds is 4. The summed E-state index contributed by atoms with van der Waals surface area (Å²) in [5, 5.41) is 9.57. The van der Waals surface area contributed by atoms with Crippen LogP contribution in [0.25, 0.3) is 0 Å². The van der Waals surface area contributed by atoms with Gasteiger partial charge in [-0.2, -0.15) is 0 Å². The van der Waals surface area contributed by atoms with E-state index in [1.807, 2.05) is 26.0 Å². The summed E-state index contributed by atoms with van der Waals surface area (Å²) in [5.41, 5.74) is 0.189. The lowest BCUT2D eigenvalue weighted by Crippen LogP contribution is -2.55. The molecule has 1 N–H and O–H groups in total. The van der Waals surface area contributed by atoms with Crippen LogP contribution in [-0.2, 0) is 9.53 Å². The van der Waals surface area contributed by atoms with E-state index in [1.165, 1.54) is 17.7 Å². The lowest BCUT2D eigenvalue weighted by atomic mass is 9.81. The third-order valence-corrected chi connectivity index (χ3v) is 6.06. The number of hydrogen-bond acceptors (Lipinski definition) is 3. The van der Waals surface area contributed by atoms with Crippen LogP contribution < -0.4 is 0 Å². The van der Waals surface area contributed by atoms with Crippen molar-refractivity contribution >= 4 is 5.97 Å². The van der Waals surface area contributed by atoms with Crippen LogP contribution >= 0.6 is 0 Å². The first-order chi connectivity index (χ1) is 11.9. The predicted molar refractivity (Wildman–Crippen MR) is 94.1 cm³/mol. The molecule has 1 aromatic carbocycles. The van der Waals surface area contributed by atoms with Crippen LogP contribution in [0.3, 0.4) is 0 Å². The molecule has 0 spiro atoms. The molecule has 2 heterocycles. The van der Waals surface area contributed by atoms with E-state index in [9.17, 15) is 14.3 Å². The molecule has 2 saturated heterocycles. The Kier molecular flexibility index (Phi) is 5.44. The van der Waals surface area contributed by atoms with E-state index in [1.54, 1.807) is 0 Å². The number of benzene rings is 1. The summed E-state index contributed by atoms with van der Waals surface area (Å²) < 4.78 is 19.0. The van der Waals surface area contributed by atoms with Crippen molar-refractivity contribution < 1.29 is 19.0 Å². The average molecular weight is 349 g/mol. The van der Waals surface area contributed by atoms with Crippen molar-refractivity contribution in [2.45, 2.75) is 57.1 Å². The molecule has 0 aliphatic carbocycles. The zero-order chi connectivity index (χ0) is 18.0. The number of carbonyl (C=O) groups is 1. The molecule has 3 rings (SSSR count). The van der Waals surface area contributed by atoms with Crippen molar-refractivity contribution in [3.05, 3.63) is 35.6 Å². The maximum atomic E-state index is 13.1. The summed E-state index contributed by atoms with van der Waals surface area (Å²) in [5.74, 6) is -0.575. The number of piperidine rings is 1. The van der Waals surface area contributed by atoms with Gasteiger partial charge in [0.2, 0.25) is 0 Å². The van der Waals surface area contributed by atoms with Gasteiger partial charge in [0, 0.05) is 6.04 Å². The first kappa shape index (κ1) is 18.3. The Hall–Kier alpha value is -1.46. The van der Waals surface area contributed by atoms with Crippen molar-refractivity contribution in [1.82, 2.24) is 4.90 Å². The van der Waals surface area contributed by atoms with Gasteiger partial charge in [0.25, 0.3) is 0 Å². The number of aliphatic carboxylic acids is 1. The predicted octanol–water partition coefficient (Wildman–Crippen LogP) is 3.66. The number of ether oxygens (including phenoxy) is 1. The van der Waals surface area contributed by atoms with Gasteiger partial charge >= 0.3 is 5.97 Å². The first-order valence-corrected chi connectivity index (χ1v) is 9.29. The molecule has 0 bridgehead atoms. The molecule has 2 aliphatic rings. The molecule has 0 aromatic heterocycles. The van der Waals surface area contributed by atoms with Crippen LogP contribution in [0.1, 0.15) is 51.0 Å². The van der Waals surface area contributed by atoms with Crippen molar-refractivity contribution in [3.8, 4) is 0 Å². The van der Waals surface area contributed by atoms with Crippen LogP contribution in [0.5, 0.6) is 0 Å². The number of nitrogens with zero attached hydrogens (tertiary/aromatic N) is 1. The van der Waals surface area contributed by atoms with Crippen LogP contribution in [0.15, 0.2) is 24.3 Å². The topological polar surface area (TPSA) is 49.8 Å². The molecule has 4 nitrogen and oxygen atoms in total. The van der Waals surface area contributed by atoms with E-state index < -0.39 is 11.6 Å². The number of carboxylic acid groups (broad SMARTS) is 1. The Bertz CT molecular complexity index is 585. The summed E-state index contributed by atoms with van der Waals surface area (Å²) in [7, 11) is 0. The zero-order valence-corrected chi connectivity index (χ0v) is 15.1. The lowest BCUT2D eigenvalue weighted by Gasteiger charge is -2.45. The second-order valence-corrected chi connectivity index (χ2v) is 7.71. The standard InChI is InChI=1S/C20H28FNO3/c1-14(2)20(19(23)24)10-7-18(13-25-20)22-11-8-16(9-12-22)15-3-5-17(21)6-4-15/h3-6,14,16,18H,7-13H2,1-2H3,(H,23,24)/t18-,20+/m1/s1. The fourth-order valence-electron chi connectivity index (χ4n) is 4.27. The summed E-state index contributed by atoms with van der Waals surface area (Å²) >= 11 is 0. The Balaban J connectivity index is 1.54. The molecule has 0 radical (unpaired) electrons. The minimum atomic E-state index is -1.02. The van der Waals surface area contributed by atoms with E-state index in [0.717, 1.165) is 32.4 Å². The summed E-state index contributed by atoms with van der Waals surface area (Å²) in [6.45, 7) is 6.30. The highest BCUT2D eigenvalue weighted by molar-refractivity contribution is 5.78. The number of likely N-dealkylation sites (tertiary alicyclic amines) is 1. The van der Waals surface area contributed by atoms with Gasteiger partial charge in [0.1, 0.15) is 5.82 Å². The third kappa shape index (κ3) is 3.72. The van der Waals surface area contributed by atoms with Gasteiger partial charge in [-0.05, 0) is 68.3 Å². The van der Waals surface area contributed by atoms with E-state index in [2.05, 4.69) is 4.90 Å². The van der Waals surface area contributed by atoms with E-state index in [-0.39, 0.29) is 11.7 Å². The van der Waals surface area contributed by atoms with Gasteiger partial charge in [-0.15, -0.1) is 0 Å². The fourth-order valence-corrected chi connectivity index (χ4v) is 4.27. The smallest absolute Gasteiger partial charge is 0.336 e. The molecule has 0 saturated carbocycles. The number of carboxylic acids is 1. The first-order valence-electron chi connectivity index (χ1n) is 9.29. The zero-order valence-electron chi connectivity index (χ0n) is 15.1. The minimum Gasteiger partial charge on any atom is -0.479 e. The number of hydrogen-bond donors (Lipinski definition) is 1. The lowest BCUT2D eigenvalue weighted by molar-refractivity contribution is -0.187. The second-order valence-electron chi connectivity index (χ2n) is 7.71. The van der Waals surface area contributed by atoms with Crippen molar-refractivity contribution in [3.63, 3.8) is 0 Å². The van der Waals surface area contributed by atoms with Crippen LogP contribution in [0.2, 0.25) is 0 Å². The Labute approximate surface area is 149 Å². The van der Waals surface area contributed by atoms with Gasteiger partial charge in [0.15, 0.2) is 5.60 Å². The third-order valence-electron chi connectivity index (χ3n) is 6.06. The quantitative estimate of drug-likeness (QED) is 0.901. The molecule has 0 unspecified atom stereocenters. The monoisotopic (exact) mass is 349 g/mol. The van der Waals surface area contributed by atoms with Gasteiger partial charge in [-0.3, -0.25) is 4.90 Å². The number of halogens is 1. The van der Waals surface area contributed by atoms with Gasteiger partial charge < -0.3 is 9.84 Å². The van der Waals surface area contributed by atoms with E-state index in [0.29, 0.717) is 25.0 Å². The summed E-state index contributed by atoms with van der Waals surface area (Å²) in [6, 6.07) is 7.16. The largest absolute Gasteiger partial charge is 0.479 e. The van der Waals surface area contributed by atoms with Gasteiger partial charge in [0.05, 0.1) is 6.61 Å². The molecule has 2 fully saturated rings. The molecular weight excluding hydrogens is 321 g/mol. The molecule has 2 atom stereocenters. The molecule has 2 aliphatic heterocycles. The van der Waals surface area contributed by atoms with E-state index in [4.69, 9.17) is 4.74 Å². The fraction of sp³-hybridized carbons (Fsp3) is 0.650. The molecule has 1 aromatic rings. The summed E-state index contributed by atoms with van der Waals surface area (Å²) in [6.07, 6.45) is 3.54. The molecular formula is C20H28FNO3. The Morgan fingerprint density at radius 3 is 2.36 bits per heavy atom. The van der Waals surface area contributed by atoms with Crippen molar-refractivity contribution in [2.75, 3.05) is 19.7 Å². The van der Waals surface area contributed by atoms with Gasteiger partial charge in [-0.1, -0.05) is 26.0 Å². The molecule has 138 valence electrons. The van der Waals surface area contributed by atoms with Crippen LogP contribution in [-0.4, -0.2) is 47.3 Å². The normalized spacial score (nSPS) is 29.0. The maximum absolute atomic E-state index is 13.1. The second kappa shape index (κ2) is 7.42. The Morgan fingerprint density at radius 2 is 1.88 bits per heavy atom. The van der Waals surface area contributed by atoms with E-state index >= 15 is 0 Å².